The van der Waals surface area contributed by atoms with E-state index in [1.165, 1.54) is 0 Å². The number of hydrogen-bond donors (Lipinski definition) is 1. The second-order valence-corrected chi connectivity index (χ2v) is 7.77. The van der Waals surface area contributed by atoms with Crippen LogP contribution in [-0.2, 0) is 14.6 Å². The lowest BCUT2D eigenvalue weighted by Gasteiger charge is -2.28. The number of amides is 1. The molecule has 122 valence electrons. The van der Waals surface area contributed by atoms with Gasteiger partial charge in [-0.2, -0.15) is 0 Å². The van der Waals surface area contributed by atoms with Crippen LogP contribution in [0.1, 0.15) is 33.1 Å². The summed E-state index contributed by atoms with van der Waals surface area (Å²) in [6.07, 6.45) is 3.56. The Bertz CT molecular complexity index is 613. The maximum absolute atomic E-state index is 11.6. The van der Waals surface area contributed by atoms with Gasteiger partial charge in [0.2, 0.25) is 5.91 Å². The van der Waals surface area contributed by atoms with Gasteiger partial charge in [0.1, 0.15) is 5.82 Å². The first kappa shape index (κ1) is 16.7. The van der Waals surface area contributed by atoms with Gasteiger partial charge in [0.05, 0.1) is 23.4 Å². The van der Waals surface area contributed by atoms with Gasteiger partial charge < -0.3 is 10.2 Å². The number of aromatic nitrogens is 1. The highest BCUT2D eigenvalue weighted by atomic mass is 32.2. The van der Waals surface area contributed by atoms with Crippen molar-refractivity contribution in [2.75, 3.05) is 28.3 Å². The van der Waals surface area contributed by atoms with Crippen molar-refractivity contribution in [1.82, 2.24) is 4.98 Å². The van der Waals surface area contributed by atoms with Crippen LogP contribution in [0.5, 0.6) is 0 Å². The van der Waals surface area contributed by atoms with Crippen molar-refractivity contribution in [2.45, 2.75) is 39.2 Å². The van der Waals surface area contributed by atoms with Gasteiger partial charge in [-0.1, -0.05) is 6.92 Å². The molecule has 0 aromatic carbocycles. The molecule has 7 heteroatoms. The van der Waals surface area contributed by atoms with Gasteiger partial charge in [-0.05, 0) is 31.9 Å². The van der Waals surface area contributed by atoms with E-state index in [0.29, 0.717) is 25.1 Å². The first-order valence-electron chi connectivity index (χ1n) is 7.68. The molecule has 1 aromatic heterocycles. The number of anilines is 2. The summed E-state index contributed by atoms with van der Waals surface area (Å²) in [5.41, 5.74) is 0.664. The number of sulfone groups is 1. The molecule has 0 saturated carbocycles. The number of hydrogen-bond acceptors (Lipinski definition) is 5. The van der Waals surface area contributed by atoms with E-state index < -0.39 is 9.84 Å². The predicted octanol–water partition coefficient (Wildman–Crippen LogP) is 1.83. The van der Waals surface area contributed by atoms with Crippen LogP contribution in [0.3, 0.4) is 0 Å². The van der Waals surface area contributed by atoms with E-state index in [2.05, 4.69) is 10.3 Å². The average Bonchev–Trinajstić information content (AvgIpc) is 2.82. The summed E-state index contributed by atoms with van der Waals surface area (Å²) in [5.74, 6) is 1.17. The van der Waals surface area contributed by atoms with Crippen molar-refractivity contribution in [1.29, 1.82) is 0 Å². The van der Waals surface area contributed by atoms with Gasteiger partial charge in [0.15, 0.2) is 9.84 Å². The van der Waals surface area contributed by atoms with Crippen LogP contribution < -0.4 is 10.2 Å². The molecule has 1 aromatic rings. The first-order chi connectivity index (χ1) is 10.4. The van der Waals surface area contributed by atoms with Crippen molar-refractivity contribution in [3.8, 4) is 0 Å². The van der Waals surface area contributed by atoms with Gasteiger partial charge in [0, 0.05) is 19.0 Å². The molecule has 1 amide bonds. The summed E-state index contributed by atoms with van der Waals surface area (Å²) >= 11 is 0. The standard InChI is InChI=1S/C15H23N3O3S/c1-3-5-15(19)17-12-6-7-14(16-10-12)18(4-2)13-8-9-22(20,21)11-13/h6-7,10,13H,3-5,8-9,11H2,1-2H3,(H,17,19). The molecular formula is C15H23N3O3S. The maximum Gasteiger partial charge on any atom is 0.224 e. The Morgan fingerprint density at radius 3 is 2.68 bits per heavy atom. The predicted molar refractivity (Wildman–Crippen MR) is 87.9 cm³/mol. The highest BCUT2D eigenvalue weighted by Gasteiger charge is 2.32. The molecule has 1 aliphatic heterocycles. The molecule has 0 spiro atoms. The van der Waals surface area contributed by atoms with E-state index in [9.17, 15) is 13.2 Å². The number of nitrogens with zero attached hydrogens (tertiary/aromatic N) is 2. The highest BCUT2D eigenvalue weighted by Crippen LogP contribution is 2.23. The largest absolute Gasteiger partial charge is 0.353 e. The molecule has 0 bridgehead atoms. The Balaban J connectivity index is 2.06. The number of pyridine rings is 1. The summed E-state index contributed by atoms with van der Waals surface area (Å²) in [5, 5.41) is 2.79. The van der Waals surface area contributed by atoms with Crippen LogP contribution in [0.25, 0.3) is 0 Å². The van der Waals surface area contributed by atoms with Crippen LogP contribution in [0.15, 0.2) is 18.3 Å². The van der Waals surface area contributed by atoms with Crippen LogP contribution in [0, 0.1) is 0 Å². The third-order valence-corrected chi connectivity index (χ3v) is 5.54. The number of rotatable bonds is 6. The lowest BCUT2D eigenvalue weighted by atomic mass is 10.2. The van der Waals surface area contributed by atoms with Gasteiger partial charge in [-0.3, -0.25) is 4.79 Å². The molecule has 1 atom stereocenters. The second-order valence-electron chi connectivity index (χ2n) is 5.55. The Labute approximate surface area is 131 Å². The van der Waals surface area contributed by atoms with Crippen LogP contribution in [0.4, 0.5) is 11.5 Å². The van der Waals surface area contributed by atoms with E-state index in [0.717, 1.165) is 12.2 Å². The molecule has 1 N–H and O–H groups in total. The molecular weight excluding hydrogens is 302 g/mol. The van der Waals surface area contributed by atoms with Gasteiger partial charge in [-0.15, -0.1) is 0 Å². The zero-order valence-corrected chi connectivity index (χ0v) is 13.9. The fourth-order valence-corrected chi connectivity index (χ4v) is 4.44. The molecule has 2 heterocycles. The van der Waals surface area contributed by atoms with E-state index >= 15 is 0 Å². The van der Waals surface area contributed by atoms with Crippen molar-refractivity contribution in [3.63, 3.8) is 0 Å². The summed E-state index contributed by atoms with van der Waals surface area (Å²) in [6.45, 7) is 4.65. The monoisotopic (exact) mass is 325 g/mol. The number of carbonyl (C=O) groups is 1. The van der Waals surface area contributed by atoms with Crippen molar-refractivity contribution < 1.29 is 13.2 Å². The van der Waals surface area contributed by atoms with Crippen molar-refractivity contribution in [2.24, 2.45) is 0 Å². The molecule has 2 rings (SSSR count). The van der Waals surface area contributed by atoms with E-state index in [1.54, 1.807) is 6.20 Å². The lowest BCUT2D eigenvalue weighted by molar-refractivity contribution is -0.116. The number of nitrogens with one attached hydrogen (secondary N) is 1. The minimum atomic E-state index is -2.92. The van der Waals surface area contributed by atoms with Crippen LogP contribution in [-0.4, -0.2) is 43.4 Å². The maximum atomic E-state index is 11.6. The van der Waals surface area contributed by atoms with Crippen LogP contribution >= 0.6 is 0 Å². The Morgan fingerprint density at radius 2 is 2.18 bits per heavy atom. The molecule has 1 fully saturated rings. The zero-order chi connectivity index (χ0) is 16.2. The quantitative estimate of drug-likeness (QED) is 0.863. The summed E-state index contributed by atoms with van der Waals surface area (Å²) in [6, 6.07) is 3.63. The van der Waals surface area contributed by atoms with E-state index in [-0.39, 0.29) is 23.5 Å². The van der Waals surface area contributed by atoms with Gasteiger partial charge in [0.25, 0.3) is 0 Å². The van der Waals surface area contributed by atoms with Crippen LogP contribution in [0.2, 0.25) is 0 Å². The SMILES string of the molecule is CCCC(=O)Nc1ccc(N(CC)C2CCS(=O)(=O)C2)nc1. The molecule has 1 aliphatic rings. The molecule has 6 nitrogen and oxygen atoms in total. The van der Waals surface area contributed by atoms with Crippen molar-refractivity contribution in [3.05, 3.63) is 18.3 Å². The fourth-order valence-electron chi connectivity index (χ4n) is 2.71. The normalized spacial score (nSPS) is 19.8. The molecule has 1 unspecified atom stereocenters. The third kappa shape index (κ3) is 4.19. The van der Waals surface area contributed by atoms with Gasteiger partial charge >= 0.3 is 0 Å². The topological polar surface area (TPSA) is 79.4 Å². The highest BCUT2D eigenvalue weighted by molar-refractivity contribution is 7.91. The first-order valence-corrected chi connectivity index (χ1v) is 9.50. The molecule has 0 aliphatic carbocycles. The number of carbonyl (C=O) groups excluding carboxylic acids is 1. The van der Waals surface area contributed by atoms with E-state index in [4.69, 9.17) is 0 Å². The summed E-state index contributed by atoms with van der Waals surface area (Å²) in [4.78, 5) is 17.9. The Kier molecular flexibility index (Phi) is 5.39. The lowest BCUT2D eigenvalue weighted by Crippen LogP contribution is -2.36. The average molecular weight is 325 g/mol. The van der Waals surface area contributed by atoms with Crippen molar-refractivity contribution >= 4 is 27.2 Å². The molecule has 22 heavy (non-hydrogen) atoms. The minimum Gasteiger partial charge on any atom is -0.353 e. The Morgan fingerprint density at radius 1 is 1.41 bits per heavy atom. The van der Waals surface area contributed by atoms with E-state index in [1.807, 2.05) is 30.9 Å². The summed E-state index contributed by atoms with van der Waals surface area (Å²) in [7, 11) is -2.92. The fraction of sp³-hybridized carbons (Fsp3) is 0.600. The second kappa shape index (κ2) is 7.09. The molecule has 0 radical (unpaired) electrons. The summed E-state index contributed by atoms with van der Waals surface area (Å²) < 4.78 is 23.3. The zero-order valence-electron chi connectivity index (χ0n) is 13.1. The smallest absolute Gasteiger partial charge is 0.224 e. The molecule has 1 saturated heterocycles. The Hall–Kier alpha value is -1.63. The minimum absolute atomic E-state index is 0.0111. The van der Waals surface area contributed by atoms with Gasteiger partial charge in [-0.25, -0.2) is 13.4 Å². The third-order valence-electron chi connectivity index (χ3n) is 3.79.